The normalized spacial score (nSPS) is 11.4. The summed E-state index contributed by atoms with van der Waals surface area (Å²) in [5.74, 6) is -0.477. The van der Waals surface area contributed by atoms with Crippen molar-refractivity contribution in [2.75, 3.05) is 0 Å². The number of hydrogen-bond donors (Lipinski definition) is 0. The molecule has 0 amide bonds. The molecule has 0 aliphatic heterocycles. The van der Waals surface area contributed by atoms with Gasteiger partial charge in [0.25, 0.3) is 0 Å². The van der Waals surface area contributed by atoms with Crippen molar-refractivity contribution in [1.29, 1.82) is 0 Å². The van der Waals surface area contributed by atoms with E-state index in [1.165, 1.54) is 24.3 Å². The molecule has 0 atom stereocenters. The molecule has 0 spiro atoms. The highest BCUT2D eigenvalue weighted by Gasteiger charge is 2.26. The van der Waals surface area contributed by atoms with Crippen molar-refractivity contribution in [2.45, 2.75) is 10.2 Å². The molecule has 0 aromatic heterocycles. The van der Waals surface area contributed by atoms with Crippen molar-refractivity contribution < 1.29 is 9.18 Å². The fourth-order valence-electron chi connectivity index (χ4n) is 0.855. The molecule has 1 nitrogen and oxygen atoms in total. The fraction of sp³-hybridized carbons (Fsp3) is 0.222. The van der Waals surface area contributed by atoms with Crippen molar-refractivity contribution in [3.8, 4) is 0 Å². The summed E-state index contributed by atoms with van der Waals surface area (Å²) in [5, 5.41) is 0. The van der Waals surface area contributed by atoms with Gasteiger partial charge in [0.2, 0.25) is 0 Å². The van der Waals surface area contributed by atoms with E-state index in [0.29, 0.717) is 5.56 Å². The Morgan fingerprint density at radius 2 is 1.77 bits per heavy atom. The molecule has 1 rings (SSSR count). The van der Waals surface area contributed by atoms with Gasteiger partial charge in [0.15, 0.2) is 5.78 Å². The third-order valence-corrected chi connectivity index (χ3v) is 2.23. The average molecular weight is 310 g/mol. The van der Waals surface area contributed by atoms with Crippen LogP contribution in [0.25, 0.3) is 0 Å². The van der Waals surface area contributed by atoms with Gasteiger partial charge in [-0.25, -0.2) is 4.39 Å². The van der Waals surface area contributed by atoms with Gasteiger partial charge in [-0.2, -0.15) is 0 Å². The van der Waals surface area contributed by atoms with Gasteiger partial charge in [-0.1, -0.05) is 31.9 Å². The lowest BCUT2D eigenvalue weighted by molar-refractivity contribution is 0.0988. The van der Waals surface area contributed by atoms with Crippen LogP contribution in [0.4, 0.5) is 4.39 Å². The van der Waals surface area contributed by atoms with Crippen molar-refractivity contribution in [3.63, 3.8) is 0 Å². The molecule has 0 unspecified atom stereocenters. The largest absolute Gasteiger partial charge is 0.292 e. The summed E-state index contributed by atoms with van der Waals surface area (Å²) < 4.78 is 11.7. The summed E-state index contributed by atoms with van der Waals surface area (Å²) in [6.45, 7) is 1.68. The minimum Gasteiger partial charge on any atom is -0.292 e. The Labute approximate surface area is 92.6 Å². The summed E-state index contributed by atoms with van der Waals surface area (Å²) in [7, 11) is 0. The number of rotatable bonds is 2. The van der Waals surface area contributed by atoms with Crippen LogP contribution in [0, 0.1) is 5.82 Å². The van der Waals surface area contributed by atoms with Crippen molar-refractivity contribution in [2.24, 2.45) is 0 Å². The van der Waals surface area contributed by atoms with E-state index in [9.17, 15) is 9.18 Å². The van der Waals surface area contributed by atoms with Gasteiger partial charge < -0.3 is 0 Å². The van der Waals surface area contributed by atoms with E-state index < -0.39 is 3.23 Å². The van der Waals surface area contributed by atoms with Crippen molar-refractivity contribution in [3.05, 3.63) is 35.6 Å². The highest BCUT2D eigenvalue weighted by molar-refractivity contribution is 9.25. The lowest BCUT2D eigenvalue weighted by Crippen LogP contribution is -2.20. The number of benzene rings is 1. The Morgan fingerprint density at radius 3 is 2.15 bits per heavy atom. The van der Waals surface area contributed by atoms with Crippen LogP contribution >= 0.6 is 31.9 Å². The van der Waals surface area contributed by atoms with Gasteiger partial charge in [-0.3, -0.25) is 4.79 Å². The summed E-state index contributed by atoms with van der Waals surface area (Å²) >= 11 is 6.35. The SMILES string of the molecule is CC(Br)(Br)C(=O)c1ccc(F)cc1. The molecule has 1 aromatic rings. The van der Waals surface area contributed by atoms with E-state index in [0.717, 1.165) is 0 Å². The van der Waals surface area contributed by atoms with Crippen LogP contribution in [0.2, 0.25) is 0 Å². The van der Waals surface area contributed by atoms with E-state index in [1.807, 2.05) is 0 Å². The summed E-state index contributed by atoms with van der Waals surface area (Å²) in [4.78, 5) is 11.6. The smallest absolute Gasteiger partial charge is 0.189 e. The number of hydrogen-bond acceptors (Lipinski definition) is 1. The number of alkyl halides is 2. The predicted molar refractivity (Wildman–Crippen MR) is 57.0 cm³/mol. The lowest BCUT2D eigenvalue weighted by atomic mass is 10.1. The van der Waals surface area contributed by atoms with Crippen LogP contribution < -0.4 is 0 Å². The molecule has 70 valence electrons. The first-order chi connectivity index (χ1) is 5.91. The number of halogens is 3. The van der Waals surface area contributed by atoms with E-state index in [2.05, 4.69) is 31.9 Å². The quantitative estimate of drug-likeness (QED) is 0.603. The topological polar surface area (TPSA) is 17.1 Å². The molecule has 13 heavy (non-hydrogen) atoms. The van der Waals surface area contributed by atoms with Gasteiger partial charge in [-0.05, 0) is 31.2 Å². The molecule has 0 heterocycles. The fourth-order valence-corrected chi connectivity index (χ4v) is 1.31. The van der Waals surface area contributed by atoms with Gasteiger partial charge in [0.05, 0.1) is 0 Å². The Kier molecular flexibility index (Phi) is 3.24. The minimum atomic E-state index is -0.780. The average Bonchev–Trinajstić information content (AvgIpc) is 2.03. The van der Waals surface area contributed by atoms with E-state index >= 15 is 0 Å². The third kappa shape index (κ3) is 2.88. The molecule has 0 fully saturated rings. The second kappa shape index (κ2) is 3.88. The van der Waals surface area contributed by atoms with Crippen LogP contribution in [0.3, 0.4) is 0 Å². The van der Waals surface area contributed by atoms with Crippen molar-refractivity contribution in [1.82, 2.24) is 0 Å². The first-order valence-corrected chi connectivity index (χ1v) is 5.18. The molecule has 0 aliphatic rings. The van der Waals surface area contributed by atoms with E-state index in [1.54, 1.807) is 6.92 Å². The van der Waals surface area contributed by atoms with Crippen LogP contribution in [-0.4, -0.2) is 9.02 Å². The van der Waals surface area contributed by atoms with Crippen LogP contribution in [0.5, 0.6) is 0 Å². The molecule has 0 aliphatic carbocycles. The molecule has 1 aromatic carbocycles. The standard InChI is InChI=1S/C9H7Br2FO/c1-9(10,11)8(13)6-2-4-7(12)5-3-6/h2-5H,1H3. The second-order valence-electron chi connectivity index (χ2n) is 2.72. The minimum absolute atomic E-state index is 0.132. The lowest BCUT2D eigenvalue weighted by Gasteiger charge is -2.11. The van der Waals surface area contributed by atoms with Crippen molar-refractivity contribution >= 4 is 37.6 Å². The zero-order valence-electron chi connectivity index (χ0n) is 6.85. The zero-order chi connectivity index (χ0) is 10.1. The molecule has 0 saturated heterocycles. The zero-order valence-corrected chi connectivity index (χ0v) is 10.0. The van der Waals surface area contributed by atoms with Crippen LogP contribution in [0.1, 0.15) is 17.3 Å². The second-order valence-corrected chi connectivity index (χ2v) is 6.96. The van der Waals surface area contributed by atoms with Gasteiger partial charge >= 0.3 is 0 Å². The number of Topliss-reactive ketones (excluding diaryl/α,β-unsaturated/α-hetero) is 1. The summed E-state index contributed by atoms with van der Waals surface area (Å²) in [5.41, 5.74) is 0.470. The molecule has 0 saturated carbocycles. The van der Waals surface area contributed by atoms with Gasteiger partial charge in [0, 0.05) is 5.56 Å². The van der Waals surface area contributed by atoms with Crippen LogP contribution in [0.15, 0.2) is 24.3 Å². The molecular weight excluding hydrogens is 303 g/mol. The van der Waals surface area contributed by atoms with Crippen LogP contribution in [-0.2, 0) is 0 Å². The predicted octanol–water partition coefficient (Wildman–Crippen LogP) is 3.51. The number of ketones is 1. The maximum atomic E-state index is 12.5. The number of carbonyl (C=O) groups is 1. The Bertz CT molecular complexity index is 313. The Morgan fingerprint density at radius 1 is 1.31 bits per heavy atom. The first-order valence-electron chi connectivity index (χ1n) is 3.59. The molecule has 0 N–H and O–H groups in total. The number of carbonyl (C=O) groups excluding carboxylic acids is 1. The van der Waals surface area contributed by atoms with E-state index in [-0.39, 0.29) is 11.6 Å². The highest BCUT2D eigenvalue weighted by Crippen LogP contribution is 2.29. The van der Waals surface area contributed by atoms with E-state index in [4.69, 9.17) is 0 Å². The maximum Gasteiger partial charge on any atom is 0.189 e. The summed E-state index contributed by atoms with van der Waals surface area (Å²) in [6.07, 6.45) is 0. The van der Waals surface area contributed by atoms with Gasteiger partial charge in [0.1, 0.15) is 9.05 Å². The maximum absolute atomic E-state index is 12.5. The highest BCUT2D eigenvalue weighted by atomic mass is 79.9. The Balaban J connectivity index is 2.97. The molecular formula is C9H7Br2FO. The molecule has 0 bridgehead atoms. The Hall–Kier alpha value is -0.220. The monoisotopic (exact) mass is 308 g/mol. The molecule has 4 heteroatoms. The first kappa shape index (κ1) is 10.9. The molecule has 0 radical (unpaired) electrons. The summed E-state index contributed by atoms with van der Waals surface area (Å²) in [6, 6.07) is 5.44. The van der Waals surface area contributed by atoms with Gasteiger partial charge in [-0.15, -0.1) is 0 Å². The third-order valence-electron chi connectivity index (χ3n) is 1.51.